The van der Waals surface area contributed by atoms with Crippen molar-refractivity contribution in [3.05, 3.63) is 86.9 Å². The predicted molar refractivity (Wildman–Crippen MR) is 132 cm³/mol. The van der Waals surface area contributed by atoms with Crippen LogP contribution < -0.4 is 15.0 Å². The number of aliphatic imine (C=N–C) groups is 1. The molecule has 0 radical (unpaired) electrons. The number of carbonyl (C=O) groups excluding carboxylic acids is 2. The van der Waals surface area contributed by atoms with Crippen LogP contribution in [0.3, 0.4) is 0 Å². The standard InChI is InChI=1S/C24H18Cl3N3O3/c1-33-21-9-7-15(26)11-19(21)29-22(31)13-30-20-8-6-14(25)10-17(20)24(28-12-23(30)32)16-4-2-3-5-18(16)27/h2-11H,12-13H2,1H3,(H,29,31). The zero-order valence-electron chi connectivity index (χ0n) is 17.4. The first kappa shape index (κ1) is 23.1. The van der Waals surface area contributed by atoms with Gasteiger partial charge < -0.3 is 15.0 Å². The summed E-state index contributed by atoms with van der Waals surface area (Å²) < 4.78 is 5.28. The van der Waals surface area contributed by atoms with Gasteiger partial charge in [0, 0.05) is 26.2 Å². The van der Waals surface area contributed by atoms with E-state index in [2.05, 4.69) is 10.3 Å². The molecule has 4 rings (SSSR count). The predicted octanol–water partition coefficient (Wildman–Crippen LogP) is 5.48. The third kappa shape index (κ3) is 4.98. The molecule has 0 atom stereocenters. The average molecular weight is 503 g/mol. The molecule has 1 aliphatic heterocycles. The van der Waals surface area contributed by atoms with Crippen molar-refractivity contribution in [2.45, 2.75) is 0 Å². The molecule has 1 N–H and O–H groups in total. The van der Waals surface area contributed by atoms with Crippen LogP contribution in [-0.4, -0.2) is 37.7 Å². The number of benzene rings is 3. The average Bonchev–Trinajstić information content (AvgIpc) is 2.91. The summed E-state index contributed by atoms with van der Waals surface area (Å²) in [6, 6.07) is 17.2. The molecule has 3 aromatic carbocycles. The summed E-state index contributed by atoms with van der Waals surface area (Å²) in [5.41, 5.74) is 2.72. The van der Waals surface area contributed by atoms with Crippen molar-refractivity contribution in [2.24, 2.45) is 4.99 Å². The topological polar surface area (TPSA) is 71.0 Å². The molecule has 2 amide bonds. The van der Waals surface area contributed by atoms with Gasteiger partial charge in [0.1, 0.15) is 18.8 Å². The number of amides is 2. The first-order valence-electron chi connectivity index (χ1n) is 9.90. The fourth-order valence-electron chi connectivity index (χ4n) is 3.55. The van der Waals surface area contributed by atoms with E-state index in [9.17, 15) is 9.59 Å². The summed E-state index contributed by atoms with van der Waals surface area (Å²) >= 11 is 18.7. The number of halogens is 3. The molecule has 168 valence electrons. The molecule has 0 saturated heterocycles. The van der Waals surface area contributed by atoms with Gasteiger partial charge in [0.2, 0.25) is 11.8 Å². The molecule has 0 spiro atoms. The van der Waals surface area contributed by atoms with Crippen molar-refractivity contribution in [3.63, 3.8) is 0 Å². The molecule has 9 heteroatoms. The number of hydrogen-bond acceptors (Lipinski definition) is 4. The highest BCUT2D eigenvalue weighted by Crippen LogP contribution is 2.32. The van der Waals surface area contributed by atoms with Gasteiger partial charge in [-0.2, -0.15) is 0 Å². The maximum absolute atomic E-state index is 13.0. The van der Waals surface area contributed by atoms with E-state index in [-0.39, 0.29) is 19.0 Å². The Morgan fingerprint density at radius 1 is 1.03 bits per heavy atom. The summed E-state index contributed by atoms with van der Waals surface area (Å²) in [6.07, 6.45) is 0. The Labute approximate surface area is 205 Å². The van der Waals surface area contributed by atoms with E-state index in [1.165, 1.54) is 12.0 Å². The highest BCUT2D eigenvalue weighted by atomic mass is 35.5. The van der Waals surface area contributed by atoms with Crippen LogP contribution in [0.4, 0.5) is 11.4 Å². The summed E-state index contributed by atoms with van der Waals surface area (Å²) in [6.45, 7) is -0.394. The van der Waals surface area contributed by atoms with E-state index < -0.39 is 5.91 Å². The summed E-state index contributed by atoms with van der Waals surface area (Å²) in [5.74, 6) is -0.314. The van der Waals surface area contributed by atoms with Crippen LogP contribution in [0.1, 0.15) is 11.1 Å². The Kier molecular flexibility index (Phi) is 6.88. The number of benzodiazepines with no additional fused rings is 1. The first-order valence-corrected chi connectivity index (χ1v) is 11.0. The minimum Gasteiger partial charge on any atom is -0.495 e. The fraction of sp³-hybridized carbons (Fsp3) is 0.125. The zero-order chi connectivity index (χ0) is 23.5. The lowest BCUT2D eigenvalue weighted by atomic mass is 10.00. The quantitative estimate of drug-likeness (QED) is 0.502. The molecule has 0 unspecified atom stereocenters. The molecule has 0 aromatic heterocycles. The van der Waals surface area contributed by atoms with E-state index >= 15 is 0 Å². The lowest BCUT2D eigenvalue weighted by Crippen LogP contribution is -2.39. The van der Waals surface area contributed by atoms with Crippen LogP contribution >= 0.6 is 34.8 Å². The molecule has 6 nitrogen and oxygen atoms in total. The smallest absolute Gasteiger partial charge is 0.249 e. The van der Waals surface area contributed by atoms with Crippen molar-refractivity contribution in [3.8, 4) is 5.75 Å². The number of methoxy groups -OCH3 is 1. The number of carbonyl (C=O) groups is 2. The van der Waals surface area contributed by atoms with E-state index in [4.69, 9.17) is 39.5 Å². The maximum atomic E-state index is 13.0. The minimum absolute atomic E-state index is 0.152. The Bertz CT molecular complexity index is 1280. The molecule has 1 heterocycles. The van der Waals surface area contributed by atoms with Gasteiger partial charge in [-0.1, -0.05) is 53.0 Å². The van der Waals surface area contributed by atoms with Crippen molar-refractivity contribution in [1.29, 1.82) is 0 Å². The Hall–Kier alpha value is -3.06. The second-order valence-corrected chi connectivity index (χ2v) is 8.46. The number of ether oxygens (including phenoxy) is 1. The van der Waals surface area contributed by atoms with Gasteiger partial charge in [0.05, 0.1) is 24.2 Å². The highest BCUT2D eigenvalue weighted by Gasteiger charge is 2.28. The third-order valence-corrected chi connectivity index (χ3v) is 5.84. The highest BCUT2D eigenvalue weighted by molar-refractivity contribution is 6.37. The SMILES string of the molecule is COc1ccc(Cl)cc1NC(=O)CN1C(=O)CN=C(c2ccccc2Cl)c2cc(Cl)ccc21. The van der Waals surface area contributed by atoms with Gasteiger partial charge in [0.25, 0.3) is 0 Å². The van der Waals surface area contributed by atoms with Crippen molar-refractivity contribution < 1.29 is 14.3 Å². The minimum atomic E-state index is -0.425. The third-order valence-electron chi connectivity index (χ3n) is 5.04. The summed E-state index contributed by atoms with van der Waals surface area (Å²) in [4.78, 5) is 31.8. The molecular formula is C24H18Cl3N3O3. The van der Waals surface area contributed by atoms with Gasteiger partial charge in [-0.15, -0.1) is 0 Å². The van der Waals surface area contributed by atoms with Crippen molar-refractivity contribution in [1.82, 2.24) is 0 Å². The molecule has 1 aliphatic rings. The number of rotatable bonds is 5. The van der Waals surface area contributed by atoms with Gasteiger partial charge in [-0.25, -0.2) is 0 Å². The summed E-state index contributed by atoms with van der Waals surface area (Å²) in [5, 5.41) is 4.16. The van der Waals surface area contributed by atoms with Crippen LogP contribution in [0.5, 0.6) is 5.75 Å². The van der Waals surface area contributed by atoms with Gasteiger partial charge in [0.15, 0.2) is 0 Å². The Morgan fingerprint density at radius 3 is 2.52 bits per heavy atom. The van der Waals surface area contributed by atoms with Crippen LogP contribution in [0, 0.1) is 0 Å². The fourth-order valence-corrected chi connectivity index (χ4v) is 4.12. The zero-order valence-corrected chi connectivity index (χ0v) is 19.7. The van der Waals surface area contributed by atoms with Crippen LogP contribution in [0.25, 0.3) is 0 Å². The second-order valence-electron chi connectivity index (χ2n) is 7.18. The molecular weight excluding hydrogens is 485 g/mol. The lowest BCUT2D eigenvalue weighted by Gasteiger charge is -2.23. The number of nitrogens with zero attached hydrogens (tertiary/aromatic N) is 2. The number of anilines is 2. The van der Waals surface area contributed by atoms with Crippen molar-refractivity contribution >= 4 is 63.7 Å². The van der Waals surface area contributed by atoms with Gasteiger partial charge in [-0.05, 0) is 42.5 Å². The number of hydrogen-bond donors (Lipinski definition) is 1. The van der Waals surface area contributed by atoms with Crippen LogP contribution in [-0.2, 0) is 9.59 Å². The van der Waals surface area contributed by atoms with Crippen molar-refractivity contribution in [2.75, 3.05) is 30.4 Å². The van der Waals surface area contributed by atoms with Gasteiger partial charge in [-0.3, -0.25) is 14.6 Å². The molecule has 0 aliphatic carbocycles. The molecule has 0 fully saturated rings. The number of fused-ring (bicyclic) bond motifs is 1. The Balaban J connectivity index is 1.69. The molecule has 3 aromatic rings. The molecule has 0 bridgehead atoms. The van der Waals surface area contributed by atoms with E-state index in [1.54, 1.807) is 42.5 Å². The summed E-state index contributed by atoms with van der Waals surface area (Å²) in [7, 11) is 1.49. The normalized spacial score (nSPS) is 13.2. The first-order chi connectivity index (χ1) is 15.9. The lowest BCUT2D eigenvalue weighted by molar-refractivity contribution is -0.120. The second kappa shape index (κ2) is 9.83. The largest absolute Gasteiger partial charge is 0.495 e. The Morgan fingerprint density at radius 2 is 1.76 bits per heavy atom. The monoisotopic (exact) mass is 501 g/mol. The van der Waals surface area contributed by atoms with E-state index in [0.29, 0.717) is 49.0 Å². The molecule has 0 saturated carbocycles. The number of nitrogens with one attached hydrogen (secondary N) is 1. The van der Waals surface area contributed by atoms with Crippen LogP contribution in [0.15, 0.2) is 65.7 Å². The van der Waals surface area contributed by atoms with E-state index in [1.807, 2.05) is 18.2 Å². The van der Waals surface area contributed by atoms with Gasteiger partial charge >= 0.3 is 0 Å². The van der Waals surface area contributed by atoms with Crippen LogP contribution in [0.2, 0.25) is 15.1 Å². The maximum Gasteiger partial charge on any atom is 0.249 e. The van der Waals surface area contributed by atoms with E-state index in [0.717, 1.165) is 0 Å². The molecule has 33 heavy (non-hydrogen) atoms.